The lowest BCUT2D eigenvalue weighted by Crippen LogP contribution is -2.51. The third-order valence-corrected chi connectivity index (χ3v) is 6.05. The van der Waals surface area contributed by atoms with Gasteiger partial charge in [-0.25, -0.2) is 14.4 Å². The van der Waals surface area contributed by atoms with Crippen LogP contribution in [0.5, 0.6) is 0 Å². The molecule has 4 heterocycles. The van der Waals surface area contributed by atoms with E-state index < -0.39 is 23.5 Å². The average molecular weight is 503 g/mol. The summed E-state index contributed by atoms with van der Waals surface area (Å²) in [5.74, 6) is -1.29. The molecule has 5 rings (SSSR count). The molecular weight excluding hydrogens is 482 g/mol. The summed E-state index contributed by atoms with van der Waals surface area (Å²) in [6.07, 6.45) is -2.28. The maximum atomic E-state index is 15.2. The van der Waals surface area contributed by atoms with E-state index in [0.29, 0.717) is 48.8 Å². The van der Waals surface area contributed by atoms with Crippen molar-refractivity contribution in [2.75, 3.05) is 32.0 Å². The molecule has 0 unspecified atom stereocenters. The van der Waals surface area contributed by atoms with Gasteiger partial charge < -0.3 is 10.5 Å². The molecule has 1 fully saturated rings. The fraction of sp³-hybridized carbons (Fsp3) is 0.304. The first-order chi connectivity index (χ1) is 17.1. The second kappa shape index (κ2) is 8.99. The van der Waals surface area contributed by atoms with Crippen molar-refractivity contribution in [1.82, 2.24) is 29.8 Å². The Morgan fingerprint density at radius 1 is 1.17 bits per heavy atom. The maximum absolute atomic E-state index is 15.2. The van der Waals surface area contributed by atoms with Gasteiger partial charge in [0.1, 0.15) is 11.6 Å². The summed E-state index contributed by atoms with van der Waals surface area (Å²) in [5.41, 5.74) is 5.94. The zero-order chi connectivity index (χ0) is 25.6. The van der Waals surface area contributed by atoms with E-state index in [-0.39, 0.29) is 29.1 Å². The fourth-order valence-electron chi connectivity index (χ4n) is 4.22. The summed E-state index contributed by atoms with van der Waals surface area (Å²) >= 11 is 0. The summed E-state index contributed by atoms with van der Waals surface area (Å²) in [6, 6.07) is 4.64. The number of morpholine rings is 1. The van der Waals surface area contributed by atoms with E-state index in [1.807, 2.05) is 0 Å². The Hall–Kier alpha value is -3.84. The van der Waals surface area contributed by atoms with Crippen molar-refractivity contribution in [3.8, 4) is 0 Å². The first-order valence-corrected chi connectivity index (χ1v) is 11.0. The van der Waals surface area contributed by atoms with E-state index in [1.165, 1.54) is 23.3 Å². The topological polar surface area (TPSA) is 102 Å². The molecule has 2 N–H and O–H groups in total. The summed E-state index contributed by atoms with van der Waals surface area (Å²) in [5, 5.41) is 8.20. The number of nitrogens with two attached hydrogens (primary N) is 1. The summed E-state index contributed by atoms with van der Waals surface area (Å²) in [6.45, 7) is 1.19. The minimum Gasteiger partial charge on any atom is -0.383 e. The van der Waals surface area contributed by atoms with Crippen LogP contribution in [0.25, 0.3) is 21.8 Å². The van der Waals surface area contributed by atoms with Gasteiger partial charge >= 0.3 is 6.18 Å². The minimum absolute atomic E-state index is 0.157. The van der Waals surface area contributed by atoms with Crippen LogP contribution in [0.2, 0.25) is 0 Å². The van der Waals surface area contributed by atoms with Gasteiger partial charge in [-0.15, -0.1) is 0 Å². The van der Waals surface area contributed by atoms with Gasteiger partial charge in [0.25, 0.3) is 5.91 Å². The van der Waals surface area contributed by atoms with Crippen LogP contribution >= 0.6 is 0 Å². The summed E-state index contributed by atoms with van der Waals surface area (Å²) < 4.78 is 61.0. The van der Waals surface area contributed by atoms with Gasteiger partial charge in [-0.05, 0) is 18.2 Å². The van der Waals surface area contributed by atoms with Crippen molar-refractivity contribution >= 4 is 33.5 Å². The molecule has 36 heavy (non-hydrogen) atoms. The van der Waals surface area contributed by atoms with Crippen molar-refractivity contribution in [3.63, 3.8) is 0 Å². The number of ether oxygens (including phenoxy) is 1. The Kier molecular flexibility index (Phi) is 5.96. The highest BCUT2D eigenvalue weighted by Crippen LogP contribution is 2.31. The number of hydrogen-bond acceptors (Lipinski definition) is 7. The van der Waals surface area contributed by atoms with Crippen molar-refractivity contribution in [2.24, 2.45) is 7.05 Å². The van der Waals surface area contributed by atoms with Gasteiger partial charge in [0.05, 0.1) is 59.2 Å². The lowest BCUT2D eigenvalue weighted by atomic mass is 10.1. The Bertz CT molecular complexity index is 1450. The molecule has 0 atom stereocenters. The molecule has 1 amide bonds. The molecule has 0 radical (unpaired) electrons. The number of aryl methyl sites for hydroxylation is 1. The van der Waals surface area contributed by atoms with E-state index in [2.05, 4.69) is 15.1 Å². The number of hydrazine groups is 1. The molecule has 13 heteroatoms. The Balaban J connectivity index is 1.56. The Morgan fingerprint density at radius 2 is 1.92 bits per heavy atom. The molecule has 0 aliphatic carbocycles. The number of halogens is 4. The van der Waals surface area contributed by atoms with Gasteiger partial charge in [0.15, 0.2) is 0 Å². The lowest BCUT2D eigenvalue weighted by Gasteiger charge is -2.37. The fourth-order valence-corrected chi connectivity index (χ4v) is 4.22. The molecular formula is C23H21F4N7O2. The van der Waals surface area contributed by atoms with Crippen molar-refractivity contribution in [2.45, 2.75) is 12.7 Å². The number of aromatic nitrogens is 4. The van der Waals surface area contributed by atoms with Crippen LogP contribution in [0.1, 0.15) is 21.6 Å². The molecule has 3 aromatic heterocycles. The van der Waals surface area contributed by atoms with Crippen LogP contribution < -0.4 is 5.73 Å². The van der Waals surface area contributed by atoms with Gasteiger partial charge in [-0.3, -0.25) is 19.5 Å². The molecule has 0 saturated carbocycles. The zero-order valence-electron chi connectivity index (χ0n) is 19.1. The molecule has 0 bridgehead atoms. The highest BCUT2D eigenvalue weighted by molar-refractivity contribution is 6.10. The number of carbonyl (C=O) groups excluding carboxylic acids is 1. The summed E-state index contributed by atoms with van der Waals surface area (Å²) in [7, 11) is 1.70. The number of pyridine rings is 2. The van der Waals surface area contributed by atoms with Crippen molar-refractivity contribution in [3.05, 3.63) is 59.3 Å². The van der Waals surface area contributed by atoms with Crippen LogP contribution in [0.15, 0.2) is 36.7 Å². The predicted octanol–water partition coefficient (Wildman–Crippen LogP) is 3.15. The third kappa shape index (κ3) is 4.31. The smallest absolute Gasteiger partial charge is 0.383 e. The average Bonchev–Trinajstić information content (AvgIpc) is 3.24. The van der Waals surface area contributed by atoms with Crippen molar-refractivity contribution in [1.29, 1.82) is 0 Å². The van der Waals surface area contributed by atoms with Crippen molar-refractivity contribution < 1.29 is 27.1 Å². The number of hydrogen-bond donors (Lipinski definition) is 1. The van der Waals surface area contributed by atoms with Gasteiger partial charge in [0, 0.05) is 37.8 Å². The first kappa shape index (κ1) is 23.9. The second-order valence-corrected chi connectivity index (χ2v) is 8.34. The first-order valence-electron chi connectivity index (χ1n) is 11.0. The van der Waals surface area contributed by atoms with E-state index in [4.69, 9.17) is 10.5 Å². The Morgan fingerprint density at radius 3 is 2.58 bits per heavy atom. The standard InChI is InChI=1S/C23H21F4N7O2/c1-32-20-16-8-15(18(24)9-19(16)31-21(28)17(20)11-30-32)22(35)34(33-4-6-36-7-5-33)12-14-3-2-13(10-29-14)23(25,26)27/h2-3,8-11H,4-7,12H2,1H3,(H2,28,31). The monoisotopic (exact) mass is 503 g/mol. The molecule has 1 saturated heterocycles. The van der Waals surface area contributed by atoms with Gasteiger partial charge in [-0.1, -0.05) is 0 Å². The molecule has 1 aromatic carbocycles. The third-order valence-electron chi connectivity index (χ3n) is 6.05. The molecule has 9 nitrogen and oxygen atoms in total. The van der Waals surface area contributed by atoms with E-state index >= 15 is 4.39 Å². The van der Waals surface area contributed by atoms with Crippen LogP contribution in [0.4, 0.5) is 23.4 Å². The quantitative estimate of drug-likeness (QED) is 0.427. The van der Waals surface area contributed by atoms with Crippen LogP contribution in [-0.4, -0.2) is 62.0 Å². The largest absolute Gasteiger partial charge is 0.417 e. The number of amides is 1. The predicted molar refractivity (Wildman–Crippen MR) is 122 cm³/mol. The SMILES string of the molecule is Cn1ncc2c(N)nc3cc(F)c(C(=O)N(Cc4ccc(C(F)(F)F)cn4)N4CCOCC4)cc3c21. The lowest BCUT2D eigenvalue weighted by molar-refractivity contribution is -0.137. The number of alkyl halides is 3. The van der Waals surface area contributed by atoms with Crippen LogP contribution in [0, 0.1) is 5.82 Å². The number of nitrogens with zero attached hydrogens (tertiary/aromatic N) is 6. The molecule has 1 aliphatic rings. The molecule has 1 aliphatic heterocycles. The summed E-state index contributed by atoms with van der Waals surface area (Å²) in [4.78, 5) is 21.8. The molecule has 4 aromatic rings. The van der Waals surface area contributed by atoms with Crippen LogP contribution in [-0.2, 0) is 24.5 Å². The minimum atomic E-state index is -4.53. The highest BCUT2D eigenvalue weighted by atomic mass is 19.4. The van der Waals surface area contributed by atoms with Crippen LogP contribution in [0.3, 0.4) is 0 Å². The molecule has 0 spiro atoms. The number of benzene rings is 1. The van der Waals surface area contributed by atoms with Gasteiger partial charge in [0.2, 0.25) is 0 Å². The van der Waals surface area contributed by atoms with E-state index in [9.17, 15) is 18.0 Å². The van der Waals surface area contributed by atoms with Gasteiger partial charge in [-0.2, -0.15) is 18.3 Å². The van der Waals surface area contributed by atoms with E-state index in [1.54, 1.807) is 16.7 Å². The molecule has 188 valence electrons. The highest BCUT2D eigenvalue weighted by Gasteiger charge is 2.32. The number of fused-ring (bicyclic) bond motifs is 3. The maximum Gasteiger partial charge on any atom is 0.417 e. The number of rotatable bonds is 4. The normalized spacial score (nSPS) is 15.0. The van der Waals surface area contributed by atoms with E-state index in [0.717, 1.165) is 12.1 Å². The Labute approximate surface area is 202 Å². The zero-order valence-corrected chi connectivity index (χ0v) is 19.1. The number of carbonyl (C=O) groups is 1. The second-order valence-electron chi connectivity index (χ2n) is 8.34. The number of anilines is 1. The number of nitrogen functional groups attached to an aromatic ring is 1.